The molecule has 0 aromatic carbocycles. The molecule has 1 unspecified atom stereocenters. The van der Waals surface area contributed by atoms with Crippen LogP contribution >= 0.6 is 11.6 Å². The molecule has 0 amide bonds. The van der Waals surface area contributed by atoms with E-state index in [0.717, 1.165) is 35.6 Å². The third kappa shape index (κ3) is 2.38. The Labute approximate surface area is 119 Å². The zero-order chi connectivity index (χ0) is 14.2. The van der Waals surface area contributed by atoms with Crippen LogP contribution in [-0.4, -0.2) is 25.2 Å². The number of fused-ring (bicyclic) bond motifs is 1. The largest absolute Gasteiger partial charge is 0.310 e. The van der Waals surface area contributed by atoms with E-state index in [9.17, 15) is 0 Å². The van der Waals surface area contributed by atoms with Crippen LogP contribution in [0, 0.1) is 12.8 Å². The Balaban J connectivity index is 2.70. The normalized spacial score (nSPS) is 13.6. The fourth-order valence-corrected chi connectivity index (χ4v) is 2.61. The average molecular weight is 283 g/mol. The van der Waals surface area contributed by atoms with Gasteiger partial charge in [0.15, 0.2) is 5.65 Å². The lowest BCUT2D eigenvalue weighted by Crippen LogP contribution is -2.17. The molecule has 0 saturated carbocycles. The van der Waals surface area contributed by atoms with Gasteiger partial charge in [-0.2, -0.15) is 5.10 Å². The van der Waals surface area contributed by atoms with E-state index in [1.807, 2.05) is 11.6 Å². The third-order valence-corrected chi connectivity index (χ3v) is 4.00. The van der Waals surface area contributed by atoms with Crippen molar-refractivity contribution in [1.29, 1.82) is 0 Å². The van der Waals surface area contributed by atoms with Crippen LogP contribution in [0.2, 0.25) is 0 Å². The predicted molar refractivity (Wildman–Crippen MR) is 79.9 cm³/mol. The highest BCUT2D eigenvalue weighted by Gasteiger charge is 2.22. The molecule has 0 bridgehead atoms. The van der Waals surface area contributed by atoms with Gasteiger partial charge in [-0.25, -0.2) is 9.67 Å². The van der Waals surface area contributed by atoms with Crippen LogP contribution in [0.25, 0.3) is 11.2 Å². The van der Waals surface area contributed by atoms with Gasteiger partial charge in [0.05, 0.1) is 5.69 Å². The summed E-state index contributed by atoms with van der Waals surface area (Å²) >= 11 is 5.92. The molecular weight excluding hydrogens is 260 g/mol. The second kappa shape index (κ2) is 5.53. The fraction of sp³-hybridized carbons (Fsp3) is 0.714. The van der Waals surface area contributed by atoms with Crippen LogP contribution in [0.3, 0.4) is 0 Å². The maximum atomic E-state index is 5.92. The van der Waals surface area contributed by atoms with Gasteiger partial charge in [-0.1, -0.05) is 13.8 Å². The zero-order valence-electron chi connectivity index (χ0n) is 12.4. The first-order valence-electron chi connectivity index (χ1n) is 7.01. The summed E-state index contributed by atoms with van der Waals surface area (Å²) in [6, 6.07) is 0.393. The molecular formula is C14H23ClN4. The molecule has 0 aliphatic heterocycles. The van der Waals surface area contributed by atoms with Crippen molar-refractivity contribution in [3.05, 3.63) is 11.5 Å². The monoisotopic (exact) mass is 282 g/mol. The molecule has 0 aliphatic rings. The molecule has 19 heavy (non-hydrogen) atoms. The molecule has 2 rings (SSSR count). The lowest BCUT2D eigenvalue weighted by atomic mass is 10.1. The molecule has 106 valence electrons. The first kappa shape index (κ1) is 14.4. The van der Waals surface area contributed by atoms with E-state index in [4.69, 9.17) is 16.6 Å². The molecule has 0 spiro atoms. The van der Waals surface area contributed by atoms with Crippen molar-refractivity contribution in [3.63, 3.8) is 0 Å². The Hall–Kier alpha value is -1.03. The van der Waals surface area contributed by atoms with Crippen LogP contribution in [0.4, 0.5) is 0 Å². The number of aromatic nitrogens is 4. The van der Waals surface area contributed by atoms with Crippen LogP contribution in [-0.2, 0) is 13.0 Å². The summed E-state index contributed by atoms with van der Waals surface area (Å²) in [5.41, 5.74) is 3.16. The molecule has 0 saturated heterocycles. The summed E-state index contributed by atoms with van der Waals surface area (Å²) in [6.45, 7) is 11.7. The number of nitrogens with zero attached hydrogens (tertiary/aromatic N) is 4. The van der Waals surface area contributed by atoms with Gasteiger partial charge in [0.2, 0.25) is 0 Å². The van der Waals surface area contributed by atoms with Gasteiger partial charge >= 0.3 is 0 Å². The predicted octanol–water partition coefficient (Wildman–Crippen LogP) is 3.56. The molecule has 4 nitrogen and oxygen atoms in total. The van der Waals surface area contributed by atoms with Gasteiger partial charge < -0.3 is 4.57 Å². The number of halogens is 1. The summed E-state index contributed by atoms with van der Waals surface area (Å²) < 4.78 is 4.38. The van der Waals surface area contributed by atoms with Crippen LogP contribution in [0.1, 0.15) is 45.3 Å². The lowest BCUT2D eigenvalue weighted by Gasteiger charge is -2.21. The van der Waals surface area contributed by atoms with E-state index in [1.54, 1.807) is 0 Å². The fourth-order valence-electron chi connectivity index (χ4n) is 2.44. The number of imidazole rings is 1. The molecule has 0 radical (unpaired) electrons. The molecule has 5 heteroatoms. The van der Waals surface area contributed by atoms with E-state index in [1.165, 1.54) is 0 Å². The van der Waals surface area contributed by atoms with Crippen molar-refractivity contribution in [1.82, 2.24) is 19.3 Å². The maximum absolute atomic E-state index is 5.92. The van der Waals surface area contributed by atoms with Crippen LogP contribution < -0.4 is 0 Å². The SMILES string of the molecule is CCn1nc(C)c2nc(CCCl)n(C(C)C(C)C)c21. The molecule has 0 N–H and O–H groups in total. The molecule has 2 heterocycles. The Morgan fingerprint density at radius 3 is 2.47 bits per heavy atom. The van der Waals surface area contributed by atoms with Crippen LogP contribution in [0.5, 0.6) is 0 Å². The smallest absolute Gasteiger partial charge is 0.159 e. The van der Waals surface area contributed by atoms with Crippen molar-refractivity contribution in [3.8, 4) is 0 Å². The van der Waals surface area contributed by atoms with E-state index in [0.29, 0.717) is 17.8 Å². The lowest BCUT2D eigenvalue weighted by molar-refractivity contribution is 0.400. The summed E-state index contributed by atoms with van der Waals surface area (Å²) in [5.74, 6) is 2.23. The van der Waals surface area contributed by atoms with Gasteiger partial charge in [0.1, 0.15) is 11.3 Å². The van der Waals surface area contributed by atoms with E-state index in [2.05, 4.69) is 37.4 Å². The van der Waals surface area contributed by atoms with Gasteiger partial charge in [-0.05, 0) is 26.7 Å². The van der Waals surface area contributed by atoms with Crippen molar-refractivity contribution >= 4 is 22.8 Å². The summed E-state index contributed by atoms with van der Waals surface area (Å²) in [6.07, 6.45) is 0.802. The Bertz CT molecular complexity index is 568. The minimum absolute atomic E-state index is 0.393. The van der Waals surface area contributed by atoms with Gasteiger partial charge in [-0.15, -0.1) is 11.6 Å². The Morgan fingerprint density at radius 1 is 1.26 bits per heavy atom. The topological polar surface area (TPSA) is 35.6 Å². The quantitative estimate of drug-likeness (QED) is 0.786. The van der Waals surface area contributed by atoms with Crippen molar-refractivity contribution in [2.45, 2.75) is 53.6 Å². The van der Waals surface area contributed by atoms with E-state index >= 15 is 0 Å². The Kier molecular flexibility index (Phi) is 4.19. The average Bonchev–Trinajstić information content (AvgIpc) is 2.87. The van der Waals surface area contributed by atoms with Gasteiger partial charge in [-0.3, -0.25) is 0 Å². The molecule has 0 fully saturated rings. The number of rotatable bonds is 5. The van der Waals surface area contributed by atoms with Crippen molar-refractivity contribution in [2.24, 2.45) is 5.92 Å². The maximum Gasteiger partial charge on any atom is 0.159 e. The van der Waals surface area contributed by atoms with E-state index in [-0.39, 0.29) is 0 Å². The summed E-state index contributed by atoms with van der Waals surface area (Å²) in [7, 11) is 0. The molecule has 0 aliphatic carbocycles. The molecule has 2 aromatic heterocycles. The highest BCUT2D eigenvalue weighted by Crippen LogP contribution is 2.28. The second-order valence-electron chi connectivity index (χ2n) is 5.40. The van der Waals surface area contributed by atoms with E-state index < -0.39 is 0 Å². The van der Waals surface area contributed by atoms with Gasteiger partial charge in [0.25, 0.3) is 0 Å². The zero-order valence-corrected chi connectivity index (χ0v) is 13.2. The Morgan fingerprint density at radius 2 is 1.95 bits per heavy atom. The number of hydrogen-bond donors (Lipinski definition) is 0. The van der Waals surface area contributed by atoms with Crippen LogP contribution in [0.15, 0.2) is 0 Å². The number of aryl methyl sites for hydroxylation is 3. The minimum atomic E-state index is 0.393. The second-order valence-corrected chi connectivity index (χ2v) is 5.77. The van der Waals surface area contributed by atoms with Crippen molar-refractivity contribution < 1.29 is 0 Å². The summed E-state index contributed by atoms with van der Waals surface area (Å²) in [5, 5.41) is 4.57. The van der Waals surface area contributed by atoms with Crippen molar-refractivity contribution in [2.75, 3.05) is 5.88 Å². The number of hydrogen-bond acceptors (Lipinski definition) is 2. The summed E-state index contributed by atoms with van der Waals surface area (Å²) in [4.78, 5) is 4.77. The minimum Gasteiger partial charge on any atom is -0.310 e. The highest BCUT2D eigenvalue weighted by atomic mass is 35.5. The third-order valence-electron chi connectivity index (χ3n) is 3.81. The molecule has 2 aromatic rings. The standard InChI is InChI=1S/C14H23ClN4/c1-6-18-14-13(10(4)17-18)16-12(7-8-15)19(14)11(5)9(2)3/h9,11H,6-8H2,1-5H3. The number of alkyl halides is 1. The van der Waals surface area contributed by atoms with Gasteiger partial charge in [0, 0.05) is 24.9 Å². The molecule has 1 atom stereocenters. The first-order chi connectivity index (χ1) is 9.01. The highest BCUT2D eigenvalue weighted by molar-refractivity contribution is 6.17. The first-order valence-corrected chi connectivity index (χ1v) is 7.54.